The minimum absolute atomic E-state index is 0.197. The summed E-state index contributed by atoms with van der Waals surface area (Å²) in [5.74, 6) is -1.02. The molecule has 0 saturated carbocycles. The van der Waals surface area contributed by atoms with Gasteiger partial charge in [-0.25, -0.2) is 4.39 Å². The summed E-state index contributed by atoms with van der Waals surface area (Å²) in [5.41, 5.74) is 1.16. The Hall–Kier alpha value is -3.62. The molecule has 1 aliphatic heterocycles. The van der Waals surface area contributed by atoms with Crippen molar-refractivity contribution in [1.82, 2.24) is 10.2 Å². The van der Waals surface area contributed by atoms with Crippen LogP contribution in [0.2, 0.25) is 0 Å². The highest BCUT2D eigenvalue weighted by Crippen LogP contribution is 2.27. The van der Waals surface area contributed by atoms with Crippen LogP contribution >= 0.6 is 0 Å². The zero-order valence-corrected chi connectivity index (χ0v) is 18.6. The van der Waals surface area contributed by atoms with Gasteiger partial charge in [0.1, 0.15) is 5.82 Å². The molecule has 2 amide bonds. The van der Waals surface area contributed by atoms with Crippen molar-refractivity contribution in [2.45, 2.75) is 19.4 Å². The van der Waals surface area contributed by atoms with E-state index in [4.69, 9.17) is 14.2 Å². The van der Waals surface area contributed by atoms with Crippen molar-refractivity contribution in [2.24, 2.45) is 5.92 Å². The molecule has 3 rings (SSSR count). The van der Waals surface area contributed by atoms with Crippen LogP contribution in [0.3, 0.4) is 0 Å². The number of hydrogen-bond donors (Lipinski definition) is 1. The van der Waals surface area contributed by atoms with E-state index in [-0.39, 0.29) is 19.0 Å². The van der Waals surface area contributed by atoms with Crippen molar-refractivity contribution in [2.75, 3.05) is 33.9 Å². The lowest BCUT2D eigenvalue weighted by Gasteiger charge is -2.31. The van der Waals surface area contributed by atoms with E-state index in [0.717, 1.165) is 5.56 Å². The summed E-state index contributed by atoms with van der Waals surface area (Å²) >= 11 is 0. The molecule has 1 N–H and O–H groups in total. The van der Waals surface area contributed by atoms with Crippen LogP contribution < -0.4 is 14.8 Å². The third-order valence-corrected chi connectivity index (χ3v) is 5.42. The first-order valence-corrected chi connectivity index (χ1v) is 10.6. The minimum atomic E-state index is -0.520. The van der Waals surface area contributed by atoms with E-state index < -0.39 is 30.2 Å². The van der Waals surface area contributed by atoms with Gasteiger partial charge in [-0.1, -0.05) is 6.07 Å². The van der Waals surface area contributed by atoms with Gasteiger partial charge >= 0.3 is 5.97 Å². The molecule has 0 aromatic heterocycles. The van der Waals surface area contributed by atoms with Crippen LogP contribution in [0.15, 0.2) is 42.5 Å². The van der Waals surface area contributed by atoms with E-state index in [9.17, 15) is 18.8 Å². The van der Waals surface area contributed by atoms with E-state index in [1.165, 1.54) is 38.5 Å². The standard InChI is InChI=1S/C24H27FN2O6/c1-31-20-10-5-16(12-21(20)32-2)13-26-22(28)15-33-24(30)18-4-3-11-27(14-18)23(29)17-6-8-19(25)9-7-17/h5-10,12,18H,3-4,11,13-15H2,1-2H3,(H,26,28). The lowest BCUT2D eigenvalue weighted by atomic mass is 9.97. The third-order valence-electron chi connectivity index (χ3n) is 5.42. The summed E-state index contributed by atoms with van der Waals surface area (Å²) in [4.78, 5) is 38.8. The van der Waals surface area contributed by atoms with Crippen LogP contribution in [0.1, 0.15) is 28.8 Å². The number of hydrogen-bond acceptors (Lipinski definition) is 6. The Labute approximate surface area is 191 Å². The molecule has 2 aromatic rings. The molecule has 0 aliphatic carbocycles. The van der Waals surface area contributed by atoms with Gasteiger partial charge in [-0.15, -0.1) is 0 Å². The van der Waals surface area contributed by atoms with Crippen molar-refractivity contribution in [3.05, 3.63) is 59.4 Å². The maximum Gasteiger partial charge on any atom is 0.311 e. The first kappa shape index (κ1) is 24.0. The van der Waals surface area contributed by atoms with Crippen LogP contribution in [-0.4, -0.2) is 56.6 Å². The van der Waals surface area contributed by atoms with Crippen LogP contribution in [0.5, 0.6) is 11.5 Å². The van der Waals surface area contributed by atoms with Crippen LogP contribution in [0.25, 0.3) is 0 Å². The summed E-state index contributed by atoms with van der Waals surface area (Å²) in [6.07, 6.45) is 1.21. The fourth-order valence-electron chi connectivity index (χ4n) is 3.63. The molecular formula is C24H27FN2O6. The van der Waals surface area contributed by atoms with Gasteiger partial charge < -0.3 is 24.4 Å². The predicted molar refractivity (Wildman–Crippen MR) is 117 cm³/mol. The second-order valence-corrected chi connectivity index (χ2v) is 7.67. The molecule has 1 fully saturated rings. The van der Waals surface area contributed by atoms with Crippen molar-refractivity contribution >= 4 is 17.8 Å². The molecule has 0 radical (unpaired) electrons. The average Bonchev–Trinajstić information content (AvgIpc) is 2.85. The number of carbonyl (C=O) groups is 3. The fourth-order valence-corrected chi connectivity index (χ4v) is 3.63. The Kier molecular flexibility index (Phi) is 8.23. The van der Waals surface area contributed by atoms with E-state index in [0.29, 0.717) is 36.4 Å². The highest BCUT2D eigenvalue weighted by atomic mass is 19.1. The van der Waals surface area contributed by atoms with Crippen molar-refractivity contribution in [1.29, 1.82) is 0 Å². The smallest absolute Gasteiger partial charge is 0.311 e. The second kappa shape index (κ2) is 11.3. The summed E-state index contributed by atoms with van der Waals surface area (Å²) in [5, 5.41) is 2.69. The van der Waals surface area contributed by atoms with Crippen molar-refractivity contribution in [3.63, 3.8) is 0 Å². The number of nitrogens with zero attached hydrogens (tertiary/aromatic N) is 1. The molecule has 0 bridgehead atoms. The van der Waals surface area contributed by atoms with Gasteiger partial charge in [-0.05, 0) is 54.8 Å². The number of benzene rings is 2. The van der Waals surface area contributed by atoms with E-state index >= 15 is 0 Å². The zero-order valence-electron chi connectivity index (χ0n) is 18.6. The van der Waals surface area contributed by atoms with E-state index in [1.807, 2.05) is 0 Å². The number of nitrogens with one attached hydrogen (secondary N) is 1. The molecule has 1 aliphatic rings. The van der Waals surface area contributed by atoms with Gasteiger partial charge in [-0.2, -0.15) is 0 Å². The lowest BCUT2D eigenvalue weighted by Crippen LogP contribution is -2.43. The average molecular weight is 458 g/mol. The van der Waals surface area contributed by atoms with Crippen molar-refractivity contribution in [3.8, 4) is 11.5 Å². The molecule has 1 heterocycles. The number of methoxy groups -OCH3 is 2. The van der Waals surface area contributed by atoms with E-state index in [1.54, 1.807) is 23.1 Å². The fraction of sp³-hybridized carbons (Fsp3) is 0.375. The number of amides is 2. The number of carbonyl (C=O) groups excluding carboxylic acids is 3. The Balaban J connectivity index is 1.46. The summed E-state index contributed by atoms with van der Waals surface area (Å²) in [6.45, 7) is 0.531. The van der Waals surface area contributed by atoms with Crippen molar-refractivity contribution < 1.29 is 33.0 Å². The highest BCUT2D eigenvalue weighted by molar-refractivity contribution is 5.94. The number of piperidine rings is 1. The molecule has 33 heavy (non-hydrogen) atoms. The molecule has 8 nitrogen and oxygen atoms in total. The van der Waals surface area contributed by atoms with Gasteiger partial charge in [0.2, 0.25) is 0 Å². The first-order valence-electron chi connectivity index (χ1n) is 10.6. The molecule has 0 spiro atoms. The Bertz CT molecular complexity index is 995. The third kappa shape index (κ3) is 6.44. The first-order chi connectivity index (χ1) is 15.9. The van der Waals surface area contributed by atoms with Crippen LogP contribution in [0, 0.1) is 11.7 Å². The van der Waals surface area contributed by atoms with E-state index in [2.05, 4.69) is 5.32 Å². The summed E-state index contributed by atoms with van der Waals surface area (Å²) < 4.78 is 28.7. The van der Waals surface area contributed by atoms with Gasteiger partial charge in [0.05, 0.1) is 20.1 Å². The Morgan fingerprint density at radius 1 is 1.06 bits per heavy atom. The zero-order chi connectivity index (χ0) is 23.8. The number of likely N-dealkylation sites (tertiary alicyclic amines) is 1. The molecule has 176 valence electrons. The quantitative estimate of drug-likeness (QED) is 0.611. The molecule has 1 unspecified atom stereocenters. The van der Waals surface area contributed by atoms with Gasteiger partial charge in [-0.3, -0.25) is 14.4 Å². The van der Waals surface area contributed by atoms with Gasteiger partial charge in [0.25, 0.3) is 11.8 Å². The van der Waals surface area contributed by atoms with Gasteiger partial charge in [0, 0.05) is 25.2 Å². The number of rotatable bonds is 8. The largest absolute Gasteiger partial charge is 0.493 e. The summed E-state index contributed by atoms with van der Waals surface area (Å²) in [7, 11) is 3.07. The topological polar surface area (TPSA) is 94.2 Å². The molecule has 1 saturated heterocycles. The Morgan fingerprint density at radius 3 is 2.48 bits per heavy atom. The Morgan fingerprint density at radius 2 is 1.79 bits per heavy atom. The molecule has 1 atom stereocenters. The lowest BCUT2D eigenvalue weighted by molar-refractivity contribution is -0.154. The van der Waals surface area contributed by atoms with Gasteiger partial charge in [0.15, 0.2) is 18.1 Å². The highest BCUT2D eigenvalue weighted by Gasteiger charge is 2.30. The monoisotopic (exact) mass is 458 g/mol. The summed E-state index contributed by atoms with van der Waals surface area (Å²) in [6, 6.07) is 10.6. The normalized spacial score (nSPS) is 15.5. The minimum Gasteiger partial charge on any atom is -0.493 e. The number of halogens is 1. The SMILES string of the molecule is COc1ccc(CNC(=O)COC(=O)C2CCCN(C(=O)c3ccc(F)cc3)C2)cc1OC. The maximum absolute atomic E-state index is 13.1. The molecule has 9 heteroatoms. The van der Waals surface area contributed by atoms with Crippen LogP contribution in [-0.2, 0) is 20.9 Å². The van der Waals surface area contributed by atoms with Crippen LogP contribution in [0.4, 0.5) is 4.39 Å². The molecule has 2 aromatic carbocycles. The molecular weight excluding hydrogens is 431 g/mol. The second-order valence-electron chi connectivity index (χ2n) is 7.67. The number of esters is 1. The predicted octanol–water partition coefficient (Wildman–Crippen LogP) is 2.55. The number of ether oxygens (including phenoxy) is 3. The maximum atomic E-state index is 13.1.